The molecule has 4 heteroatoms. The van der Waals surface area contributed by atoms with Gasteiger partial charge in [0, 0.05) is 32.8 Å². The van der Waals surface area contributed by atoms with E-state index in [0.717, 1.165) is 76.5 Å². The Labute approximate surface area is 435 Å². The zero-order chi connectivity index (χ0) is 49.2. The summed E-state index contributed by atoms with van der Waals surface area (Å²) in [6.45, 7) is 0. The number of aliphatic imine (C=N–C) groups is 2. The van der Waals surface area contributed by atoms with Crippen molar-refractivity contribution in [1.82, 2.24) is 4.57 Å². The molecule has 3 aliphatic carbocycles. The minimum atomic E-state index is -0.434. The van der Waals surface area contributed by atoms with Crippen molar-refractivity contribution >= 4 is 61.1 Å². The third-order valence-electron chi connectivity index (χ3n) is 17.1. The average molecular weight is 960 g/mol. The van der Waals surface area contributed by atoms with Crippen LogP contribution in [0.25, 0.3) is 94.1 Å². The van der Waals surface area contributed by atoms with Crippen LogP contribution in [0.2, 0.25) is 0 Å². The molecule has 354 valence electrons. The Hall–Kier alpha value is -9.12. The van der Waals surface area contributed by atoms with E-state index in [4.69, 9.17) is 14.4 Å². The van der Waals surface area contributed by atoms with Crippen LogP contribution >= 0.6 is 0 Å². The molecule has 3 heterocycles. The van der Waals surface area contributed by atoms with Crippen molar-refractivity contribution in [3.8, 4) is 44.5 Å². The summed E-state index contributed by atoms with van der Waals surface area (Å²) in [6.07, 6.45) is 6.90. The standard InChI is InChI=1S/C71H49N3O/c1-2-17-44(18-3-1)45-33-34-47-39-46(50-20-4-5-21-51(50)58(47)40-45)35-37-49-19-16-32-69(73-70(72-49)48-36-38-57-56-26-10-15-31-67(56)75-68(57)41-48)74-65-30-14-9-25-55(65)60-42-64-59(43-66(60)74)54-24-8-13-29-63(54)71(64)61-27-11-6-22-52(61)53-23-7-12-28-62(53)71/h1-15,17-18,20-34,36,38,40-43,46H,16,19,35,37,39H2. The van der Waals surface area contributed by atoms with Gasteiger partial charge in [-0.25, -0.2) is 9.98 Å². The van der Waals surface area contributed by atoms with Crippen LogP contribution in [0.1, 0.15) is 70.5 Å². The molecule has 0 amide bonds. The van der Waals surface area contributed by atoms with Crippen LogP contribution in [-0.2, 0) is 11.8 Å². The van der Waals surface area contributed by atoms with Gasteiger partial charge in [0.2, 0.25) is 0 Å². The predicted molar refractivity (Wildman–Crippen MR) is 310 cm³/mol. The highest BCUT2D eigenvalue weighted by Crippen LogP contribution is 2.63. The zero-order valence-electron chi connectivity index (χ0n) is 41.3. The summed E-state index contributed by atoms with van der Waals surface area (Å²) < 4.78 is 8.95. The van der Waals surface area contributed by atoms with Crippen molar-refractivity contribution in [2.75, 3.05) is 0 Å². The molecule has 1 unspecified atom stereocenters. The van der Waals surface area contributed by atoms with Gasteiger partial charge < -0.3 is 4.42 Å². The first kappa shape index (κ1) is 42.4. The Balaban J connectivity index is 0.835. The van der Waals surface area contributed by atoms with Crippen LogP contribution in [0, 0.1) is 0 Å². The van der Waals surface area contributed by atoms with E-state index in [2.05, 4.69) is 223 Å². The van der Waals surface area contributed by atoms with Crippen LogP contribution in [0.3, 0.4) is 0 Å². The zero-order valence-corrected chi connectivity index (χ0v) is 41.3. The Morgan fingerprint density at radius 3 is 1.91 bits per heavy atom. The van der Waals surface area contributed by atoms with Gasteiger partial charge in [-0.05, 0) is 164 Å². The Morgan fingerprint density at radius 1 is 0.453 bits per heavy atom. The second-order valence-electron chi connectivity index (χ2n) is 20.9. The molecule has 1 aliphatic heterocycles. The Kier molecular flexibility index (Phi) is 9.30. The first-order chi connectivity index (χ1) is 37.2. The highest BCUT2D eigenvalue weighted by atomic mass is 16.3. The van der Waals surface area contributed by atoms with Gasteiger partial charge in [0.25, 0.3) is 0 Å². The van der Waals surface area contributed by atoms with E-state index in [-0.39, 0.29) is 0 Å². The molecule has 12 aromatic rings. The highest BCUT2D eigenvalue weighted by molar-refractivity contribution is 6.16. The van der Waals surface area contributed by atoms with Gasteiger partial charge in [0.1, 0.15) is 17.0 Å². The van der Waals surface area contributed by atoms with Crippen LogP contribution in [-0.4, -0.2) is 16.1 Å². The van der Waals surface area contributed by atoms with Crippen LogP contribution in [0.4, 0.5) is 0 Å². The molecule has 2 aromatic heterocycles. The molecule has 10 aromatic carbocycles. The number of rotatable bonds is 6. The molecule has 1 atom stereocenters. The van der Waals surface area contributed by atoms with Gasteiger partial charge >= 0.3 is 0 Å². The largest absolute Gasteiger partial charge is 0.456 e. The minimum absolute atomic E-state index is 0.373. The van der Waals surface area contributed by atoms with Crippen molar-refractivity contribution in [2.24, 2.45) is 9.98 Å². The van der Waals surface area contributed by atoms with Crippen LogP contribution in [0.5, 0.6) is 0 Å². The molecular formula is C71H49N3O. The molecule has 0 bridgehead atoms. The molecule has 16 rings (SSSR count). The summed E-state index contributed by atoms with van der Waals surface area (Å²) in [7, 11) is 0. The van der Waals surface area contributed by atoms with E-state index in [1.807, 2.05) is 12.1 Å². The van der Waals surface area contributed by atoms with Crippen molar-refractivity contribution in [1.29, 1.82) is 0 Å². The lowest BCUT2D eigenvalue weighted by atomic mass is 9.70. The van der Waals surface area contributed by atoms with Gasteiger partial charge in [0.05, 0.1) is 16.4 Å². The van der Waals surface area contributed by atoms with Crippen molar-refractivity contribution < 1.29 is 4.42 Å². The van der Waals surface area contributed by atoms with Gasteiger partial charge in [0.15, 0.2) is 5.84 Å². The number of allylic oxidation sites excluding steroid dienone is 1. The number of nitrogens with zero attached hydrogens (tertiary/aromatic N) is 3. The number of benzene rings is 10. The maximum atomic E-state index is 6.53. The van der Waals surface area contributed by atoms with Crippen molar-refractivity contribution in [2.45, 2.75) is 43.4 Å². The van der Waals surface area contributed by atoms with Crippen molar-refractivity contribution in [3.63, 3.8) is 0 Å². The highest BCUT2D eigenvalue weighted by Gasteiger charge is 2.51. The summed E-state index contributed by atoms with van der Waals surface area (Å²) in [5.41, 5.74) is 24.3. The second-order valence-corrected chi connectivity index (χ2v) is 20.9. The fraction of sp³-hybridized carbons (Fsp3) is 0.0986. The smallest absolute Gasteiger partial charge is 0.161 e. The molecule has 0 N–H and O–H groups in total. The Bertz CT molecular complexity index is 4420. The summed E-state index contributed by atoms with van der Waals surface area (Å²) in [5, 5.41) is 4.63. The molecule has 0 saturated carbocycles. The van der Waals surface area contributed by atoms with E-state index in [1.165, 1.54) is 94.4 Å². The lowest BCUT2D eigenvalue weighted by Crippen LogP contribution is -2.25. The lowest BCUT2D eigenvalue weighted by molar-refractivity contribution is 0.629. The van der Waals surface area contributed by atoms with Gasteiger partial charge in [-0.15, -0.1) is 0 Å². The SMILES string of the molecule is C1=C(n2c3ccccc3c3cc4c(cc32)-c2ccccc2C42c3ccccc3-c3ccccc32)N=C(c2ccc3c(c2)oc2ccccc23)N=C(CCC2Cc3ccc(-c4ccccc4)cc3-c3ccccc32)CC1. The molecule has 0 fully saturated rings. The number of fused-ring (bicyclic) bond motifs is 19. The van der Waals surface area contributed by atoms with E-state index in [9.17, 15) is 0 Å². The average Bonchev–Trinajstić information content (AvgIpc) is 4.22. The van der Waals surface area contributed by atoms with Crippen LogP contribution < -0.4 is 0 Å². The fourth-order valence-corrected chi connectivity index (χ4v) is 13.8. The molecular weight excluding hydrogens is 911 g/mol. The minimum Gasteiger partial charge on any atom is -0.456 e. The molecule has 0 saturated heterocycles. The second kappa shape index (κ2) is 16.4. The number of hydrogen-bond donors (Lipinski definition) is 0. The van der Waals surface area contributed by atoms with Gasteiger partial charge in [-0.1, -0.05) is 182 Å². The number of para-hydroxylation sites is 2. The van der Waals surface area contributed by atoms with E-state index < -0.39 is 5.41 Å². The third kappa shape index (κ3) is 6.29. The molecule has 4 aliphatic rings. The summed E-state index contributed by atoms with van der Waals surface area (Å²) in [4.78, 5) is 11.4. The number of amidine groups is 1. The predicted octanol–water partition coefficient (Wildman–Crippen LogP) is 18.0. The van der Waals surface area contributed by atoms with Crippen molar-refractivity contribution in [3.05, 3.63) is 269 Å². The van der Waals surface area contributed by atoms with E-state index in [1.54, 1.807) is 0 Å². The number of aromatic nitrogens is 1. The summed E-state index contributed by atoms with van der Waals surface area (Å²) in [6, 6.07) is 82.8. The van der Waals surface area contributed by atoms with Gasteiger partial charge in [-0.2, -0.15) is 0 Å². The van der Waals surface area contributed by atoms with E-state index in [0.29, 0.717) is 11.8 Å². The fourth-order valence-electron chi connectivity index (χ4n) is 13.8. The number of furan rings is 1. The maximum Gasteiger partial charge on any atom is 0.161 e. The quantitative estimate of drug-likeness (QED) is 0.164. The van der Waals surface area contributed by atoms with Crippen LogP contribution in [0.15, 0.2) is 245 Å². The molecule has 75 heavy (non-hydrogen) atoms. The molecule has 0 radical (unpaired) electrons. The lowest BCUT2D eigenvalue weighted by Gasteiger charge is -2.30. The van der Waals surface area contributed by atoms with E-state index >= 15 is 0 Å². The number of hydrogen-bond acceptors (Lipinski definition) is 3. The molecule has 4 nitrogen and oxygen atoms in total. The monoisotopic (exact) mass is 959 g/mol. The first-order valence-corrected chi connectivity index (χ1v) is 26.6. The van der Waals surface area contributed by atoms with Gasteiger partial charge in [-0.3, -0.25) is 4.57 Å². The maximum absolute atomic E-state index is 6.53. The third-order valence-corrected chi connectivity index (χ3v) is 17.1. The Morgan fingerprint density at radius 2 is 1.11 bits per heavy atom. The topological polar surface area (TPSA) is 42.8 Å². The summed E-state index contributed by atoms with van der Waals surface area (Å²) in [5.74, 6) is 1.96. The first-order valence-electron chi connectivity index (χ1n) is 26.6. The summed E-state index contributed by atoms with van der Waals surface area (Å²) >= 11 is 0. The molecule has 1 spiro atoms. The normalized spacial score (nSPS) is 15.9.